The summed E-state index contributed by atoms with van der Waals surface area (Å²) in [7, 11) is 0. The number of hydrogen-bond acceptors (Lipinski definition) is 4. The van der Waals surface area contributed by atoms with Crippen LogP contribution in [-0.4, -0.2) is 12.2 Å². The average molecular weight is 387 g/mol. The maximum Gasteiger partial charge on any atom is 0.586 e. The van der Waals surface area contributed by atoms with Gasteiger partial charge in [0.1, 0.15) is 0 Å². The van der Waals surface area contributed by atoms with Gasteiger partial charge in [0.2, 0.25) is 0 Å². The van der Waals surface area contributed by atoms with Crippen molar-refractivity contribution in [2.75, 3.05) is 5.32 Å². The summed E-state index contributed by atoms with van der Waals surface area (Å²) in [6, 6.07) is 10.2. The number of anilines is 1. The minimum Gasteiger partial charge on any atom is -0.395 e. The first-order valence-corrected chi connectivity index (χ1v) is 9.12. The van der Waals surface area contributed by atoms with E-state index in [0.717, 1.165) is 22.3 Å². The van der Waals surface area contributed by atoms with E-state index < -0.39 is 6.29 Å². The zero-order chi connectivity index (χ0) is 19.2. The number of rotatable bonds is 3. The lowest BCUT2D eigenvalue weighted by Crippen LogP contribution is -2.25. The van der Waals surface area contributed by atoms with Gasteiger partial charge in [0.05, 0.1) is 5.56 Å². The second-order valence-electron chi connectivity index (χ2n) is 6.28. The van der Waals surface area contributed by atoms with Crippen molar-refractivity contribution in [2.45, 2.75) is 20.1 Å². The molecule has 2 heterocycles. The molecule has 1 N–H and O–H groups in total. The molecule has 0 unspecified atom stereocenters. The number of benzene rings is 2. The molecule has 3 aromatic rings. The summed E-state index contributed by atoms with van der Waals surface area (Å²) in [5.41, 5.74) is 4.58. The van der Waals surface area contributed by atoms with Gasteiger partial charge in [0.15, 0.2) is 11.5 Å². The van der Waals surface area contributed by atoms with Crippen molar-refractivity contribution in [1.29, 1.82) is 0 Å². The Morgan fingerprint density at radius 1 is 1.00 bits per heavy atom. The number of carbonyl (C=O) groups is 1. The number of aryl methyl sites for hydroxylation is 2. The monoisotopic (exact) mass is 387 g/mol. The van der Waals surface area contributed by atoms with Crippen molar-refractivity contribution in [3.63, 3.8) is 0 Å². The molecule has 2 aromatic carbocycles. The molecule has 4 rings (SSSR count). The first kappa shape index (κ1) is 17.5. The Hall–Kier alpha value is -2.93. The lowest BCUT2D eigenvalue weighted by molar-refractivity contribution is -0.286. The molecular formula is C20H15F2NO3S. The third-order valence-electron chi connectivity index (χ3n) is 4.30. The van der Waals surface area contributed by atoms with E-state index in [-0.39, 0.29) is 17.4 Å². The second kappa shape index (κ2) is 6.35. The topological polar surface area (TPSA) is 47.6 Å². The molecule has 0 spiro atoms. The third-order valence-corrected chi connectivity index (χ3v) is 5.16. The largest absolute Gasteiger partial charge is 0.586 e. The Kier molecular flexibility index (Phi) is 4.11. The van der Waals surface area contributed by atoms with E-state index in [1.54, 1.807) is 12.1 Å². The van der Waals surface area contributed by atoms with E-state index in [1.807, 2.05) is 36.7 Å². The van der Waals surface area contributed by atoms with Gasteiger partial charge in [-0.1, -0.05) is 12.1 Å². The lowest BCUT2D eigenvalue weighted by Gasteiger charge is -2.09. The van der Waals surface area contributed by atoms with Gasteiger partial charge in [-0.05, 0) is 65.7 Å². The molecule has 1 aliphatic rings. The van der Waals surface area contributed by atoms with Crippen LogP contribution in [-0.2, 0) is 0 Å². The Morgan fingerprint density at radius 3 is 2.30 bits per heavy atom. The molecule has 4 nitrogen and oxygen atoms in total. The number of alkyl halides is 2. The molecule has 1 aromatic heterocycles. The summed E-state index contributed by atoms with van der Waals surface area (Å²) < 4.78 is 35.5. The van der Waals surface area contributed by atoms with E-state index in [9.17, 15) is 13.6 Å². The molecule has 1 amide bonds. The molecule has 138 valence electrons. The summed E-state index contributed by atoms with van der Waals surface area (Å²) in [5.74, 6) is -0.134. The number of thiophene rings is 1. The molecule has 7 heteroatoms. The Morgan fingerprint density at radius 2 is 1.67 bits per heavy atom. The highest BCUT2D eigenvalue weighted by Crippen LogP contribution is 2.44. The first-order chi connectivity index (χ1) is 12.8. The highest BCUT2D eigenvalue weighted by molar-refractivity contribution is 7.08. The lowest BCUT2D eigenvalue weighted by atomic mass is 9.99. The fraction of sp³-hybridized carbons (Fsp3) is 0.150. The van der Waals surface area contributed by atoms with Crippen LogP contribution in [0.15, 0.2) is 47.2 Å². The van der Waals surface area contributed by atoms with Gasteiger partial charge in [0.25, 0.3) is 5.91 Å². The summed E-state index contributed by atoms with van der Waals surface area (Å²) >= 11 is 1.48. The summed E-state index contributed by atoms with van der Waals surface area (Å²) in [4.78, 5) is 12.3. The average Bonchev–Trinajstić information content (AvgIpc) is 3.16. The number of ether oxygens (including phenoxy) is 2. The number of hydrogen-bond donors (Lipinski definition) is 1. The predicted molar refractivity (Wildman–Crippen MR) is 99.8 cm³/mol. The predicted octanol–water partition coefficient (Wildman–Crippen LogP) is 5.61. The number of carbonyl (C=O) groups excluding carboxylic acids is 1. The SMILES string of the molecule is Cc1cscc1C(=O)Nc1ccc(-c2cc3c(cc2C)OC(F)(F)O3)cc1. The number of halogens is 2. The maximum absolute atomic E-state index is 13.2. The Bertz CT molecular complexity index is 1030. The minimum absolute atomic E-state index is 0.00547. The summed E-state index contributed by atoms with van der Waals surface area (Å²) in [6.07, 6.45) is -3.64. The zero-order valence-electron chi connectivity index (χ0n) is 14.5. The summed E-state index contributed by atoms with van der Waals surface area (Å²) in [6.45, 7) is 3.70. The van der Waals surface area contributed by atoms with Gasteiger partial charge < -0.3 is 14.8 Å². The van der Waals surface area contributed by atoms with Gasteiger partial charge in [-0.15, -0.1) is 8.78 Å². The van der Waals surface area contributed by atoms with E-state index >= 15 is 0 Å². The van der Waals surface area contributed by atoms with Crippen molar-refractivity contribution >= 4 is 22.9 Å². The van der Waals surface area contributed by atoms with Gasteiger partial charge >= 0.3 is 6.29 Å². The quantitative estimate of drug-likeness (QED) is 0.636. The maximum atomic E-state index is 13.2. The molecule has 0 atom stereocenters. The number of nitrogens with one attached hydrogen (secondary N) is 1. The Balaban J connectivity index is 1.57. The van der Waals surface area contributed by atoms with Crippen LogP contribution in [0, 0.1) is 13.8 Å². The van der Waals surface area contributed by atoms with Crippen molar-refractivity contribution < 1.29 is 23.0 Å². The van der Waals surface area contributed by atoms with Crippen LogP contribution < -0.4 is 14.8 Å². The molecule has 0 bridgehead atoms. The minimum atomic E-state index is -3.64. The fourth-order valence-electron chi connectivity index (χ4n) is 2.93. The van der Waals surface area contributed by atoms with Gasteiger partial charge in [-0.3, -0.25) is 4.79 Å². The van der Waals surface area contributed by atoms with Crippen molar-refractivity contribution in [3.8, 4) is 22.6 Å². The van der Waals surface area contributed by atoms with Crippen LogP contribution >= 0.6 is 11.3 Å². The van der Waals surface area contributed by atoms with Crippen molar-refractivity contribution in [3.05, 3.63) is 63.8 Å². The van der Waals surface area contributed by atoms with Crippen LogP contribution in [0.5, 0.6) is 11.5 Å². The van der Waals surface area contributed by atoms with Crippen LogP contribution in [0.3, 0.4) is 0 Å². The molecule has 0 fully saturated rings. The molecule has 0 saturated carbocycles. The molecule has 27 heavy (non-hydrogen) atoms. The van der Waals surface area contributed by atoms with Gasteiger partial charge in [0, 0.05) is 11.1 Å². The van der Waals surface area contributed by atoms with Crippen molar-refractivity contribution in [1.82, 2.24) is 0 Å². The standard InChI is InChI=1S/C20H15F2NO3S/c1-11-7-17-18(26-20(21,22)25-17)8-15(11)13-3-5-14(6-4-13)23-19(24)16-10-27-9-12(16)2/h3-10H,1-2H3,(H,23,24). The number of amides is 1. The van der Waals surface area contributed by atoms with E-state index in [2.05, 4.69) is 14.8 Å². The highest BCUT2D eigenvalue weighted by Gasteiger charge is 2.43. The number of fused-ring (bicyclic) bond motifs is 1. The molecule has 0 radical (unpaired) electrons. The second-order valence-corrected chi connectivity index (χ2v) is 7.02. The molecule has 0 saturated heterocycles. The van der Waals surface area contributed by atoms with E-state index in [4.69, 9.17) is 0 Å². The third kappa shape index (κ3) is 3.38. The first-order valence-electron chi connectivity index (χ1n) is 8.17. The highest BCUT2D eigenvalue weighted by atomic mass is 32.1. The van der Waals surface area contributed by atoms with Crippen LogP contribution in [0.25, 0.3) is 11.1 Å². The zero-order valence-corrected chi connectivity index (χ0v) is 15.3. The Labute approximate surface area is 158 Å². The summed E-state index contributed by atoms with van der Waals surface area (Å²) in [5, 5.41) is 6.59. The normalized spacial score (nSPS) is 14.2. The smallest absolute Gasteiger partial charge is 0.395 e. The molecule has 1 aliphatic heterocycles. The van der Waals surface area contributed by atoms with Crippen LogP contribution in [0.4, 0.5) is 14.5 Å². The molecular weight excluding hydrogens is 372 g/mol. The molecule has 0 aliphatic carbocycles. The van der Waals surface area contributed by atoms with Crippen LogP contribution in [0.1, 0.15) is 21.5 Å². The fourth-order valence-corrected chi connectivity index (χ4v) is 3.76. The van der Waals surface area contributed by atoms with Gasteiger partial charge in [-0.2, -0.15) is 11.3 Å². The van der Waals surface area contributed by atoms with Crippen molar-refractivity contribution in [2.24, 2.45) is 0 Å². The van der Waals surface area contributed by atoms with E-state index in [1.165, 1.54) is 23.5 Å². The van der Waals surface area contributed by atoms with Crippen LogP contribution in [0.2, 0.25) is 0 Å². The van der Waals surface area contributed by atoms with Gasteiger partial charge in [-0.25, -0.2) is 0 Å². The van der Waals surface area contributed by atoms with E-state index in [0.29, 0.717) is 11.3 Å².